The Morgan fingerprint density at radius 1 is 0.889 bits per heavy atom. The lowest BCUT2D eigenvalue weighted by Crippen LogP contribution is -2.25. The number of fused-ring (bicyclic) bond motifs is 2. The summed E-state index contributed by atoms with van der Waals surface area (Å²) >= 11 is 0. The van der Waals surface area contributed by atoms with Crippen molar-refractivity contribution in [2.24, 2.45) is 0 Å². The SMILES string of the molecule is O=C(NCCCc1nc2ccccc2n1CCCOc1ccc2ccccc2c1)c1ccccc1F. The van der Waals surface area contributed by atoms with Gasteiger partial charge in [0.15, 0.2) is 0 Å². The first-order valence-corrected chi connectivity index (χ1v) is 12.3. The number of aryl methyl sites for hydroxylation is 2. The fraction of sp³-hybridized carbons (Fsp3) is 0.200. The molecule has 1 N–H and O–H groups in total. The molecule has 4 aromatic carbocycles. The lowest BCUT2D eigenvalue weighted by Gasteiger charge is -2.11. The molecule has 0 fully saturated rings. The van der Waals surface area contributed by atoms with E-state index in [0.29, 0.717) is 26.0 Å². The number of imidazole rings is 1. The summed E-state index contributed by atoms with van der Waals surface area (Å²) in [5.74, 6) is 0.937. The molecule has 0 saturated heterocycles. The van der Waals surface area contributed by atoms with Crippen LogP contribution in [0, 0.1) is 5.82 Å². The van der Waals surface area contributed by atoms with Crippen LogP contribution in [0.2, 0.25) is 0 Å². The van der Waals surface area contributed by atoms with Gasteiger partial charge in [-0.1, -0.05) is 54.6 Å². The Balaban J connectivity index is 1.18. The zero-order valence-electron chi connectivity index (χ0n) is 20.0. The Labute approximate surface area is 209 Å². The second-order valence-electron chi connectivity index (χ2n) is 8.72. The standard InChI is InChI=1S/C30H28FN3O2/c31-26-12-4-3-11-25(26)30(35)32-18-7-15-29-33-27-13-5-6-14-28(27)34(29)19-8-20-36-24-17-16-22-9-1-2-10-23(22)21-24/h1-6,9-14,16-17,21H,7-8,15,18-20H2,(H,32,35). The first-order chi connectivity index (χ1) is 17.7. The van der Waals surface area contributed by atoms with E-state index in [1.54, 1.807) is 12.1 Å². The van der Waals surface area contributed by atoms with Gasteiger partial charge in [0.2, 0.25) is 0 Å². The van der Waals surface area contributed by atoms with E-state index < -0.39 is 11.7 Å². The van der Waals surface area contributed by atoms with E-state index in [4.69, 9.17) is 9.72 Å². The number of hydrogen-bond donors (Lipinski definition) is 1. The summed E-state index contributed by atoms with van der Waals surface area (Å²) in [4.78, 5) is 17.1. The van der Waals surface area contributed by atoms with Crippen LogP contribution in [0.25, 0.3) is 21.8 Å². The third-order valence-electron chi connectivity index (χ3n) is 6.23. The van der Waals surface area contributed by atoms with Crippen LogP contribution in [0.4, 0.5) is 4.39 Å². The van der Waals surface area contributed by atoms with Crippen molar-refractivity contribution >= 4 is 27.7 Å². The van der Waals surface area contributed by atoms with Crippen molar-refractivity contribution in [3.63, 3.8) is 0 Å². The summed E-state index contributed by atoms with van der Waals surface area (Å²) in [5.41, 5.74) is 2.11. The van der Waals surface area contributed by atoms with E-state index in [0.717, 1.165) is 35.6 Å². The quantitative estimate of drug-likeness (QED) is 0.243. The molecule has 1 amide bonds. The van der Waals surface area contributed by atoms with Crippen molar-refractivity contribution in [2.45, 2.75) is 25.8 Å². The molecular formula is C30H28FN3O2. The Morgan fingerprint density at radius 3 is 2.56 bits per heavy atom. The average molecular weight is 482 g/mol. The predicted molar refractivity (Wildman–Crippen MR) is 141 cm³/mol. The number of nitrogens with one attached hydrogen (secondary N) is 1. The van der Waals surface area contributed by atoms with Crippen LogP contribution in [0.3, 0.4) is 0 Å². The number of rotatable bonds is 10. The zero-order valence-corrected chi connectivity index (χ0v) is 20.0. The Bertz CT molecular complexity index is 1490. The molecule has 5 nitrogen and oxygen atoms in total. The van der Waals surface area contributed by atoms with Gasteiger partial charge in [-0.15, -0.1) is 0 Å². The molecule has 5 rings (SSSR count). The third kappa shape index (κ3) is 5.38. The molecule has 5 aromatic rings. The molecule has 0 spiro atoms. The summed E-state index contributed by atoms with van der Waals surface area (Å²) in [6, 6.07) is 28.5. The van der Waals surface area contributed by atoms with E-state index in [2.05, 4.69) is 40.2 Å². The highest BCUT2D eigenvalue weighted by Gasteiger charge is 2.12. The summed E-state index contributed by atoms with van der Waals surface area (Å²) in [6.45, 7) is 1.83. The van der Waals surface area contributed by atoms with Gasteiger partial charge in [-0.25, -0.2) is 9.37 Å². The second kappa shape index (κ2) is 11.0. The minimum atomic E-state index is -0.511. The number of carbonyl (C=O) groups excluding carboxylic acids is 1. The molecule has 36 heavy (non-hydrogen) atoms. The summed E-state index contributed by atoms with van der Waals surface area (Å²) in [6.07, 6.45) is 2.25. The number of hydrogen-bond acceptors (Lipinski definition) is 3. The van der Waals surface area contributed by atoms with E-state index in [-0.39, 0.29) is 5.56 Å². The Morgan fingerprint density at radius 2 is 1.67 bits per heavy atom. The van der Waals surface area contributed by atoms with Crippen molar-refractivity contribution in [3.8, 4) is 5.75 Å². The number of aromatic nitrogens is 2. The molecule has 0 aliphatic heterocycles. The highest BCUT2D eigenvalue weighted by Crippen LogP contribution is 2.21. The fourth-order valence-electron chi connectivity index (χ4n) is 4.42. The highest BCUT2D eigenvalue weighted by molar-refractivity contribution is 5.94. The van der Waals surface area contributed by atoms with Gasteiger partial charge < -0.3 is 14.6 Å². The molecular weight excluding hydrogens is 453 g/mol. The van der Waals surface area contributed by atoms with Gasteiger partial charge in [0.05, 0.1) is 23.2 Å². The number of nitrogens with zero attached hydrogens (tertiary/aromatic N) is 2. The molecule has 1 heterocycles. The molecule has 0 saturated carbocycles. The molecule has 0 atom stereocenters. The molecule has 6 heteroatoms. The first-order valence-electron chi connectivity index (χ1n) is 12.3. The third-order valence-corrected chi connectivity index (χ3v) is 6.23. The van der Waals surface area contributed by atoms with Gasteiger partial charge in [-0.2, -0.15) is 0 Å². The van der Waals surface area contributed by atoms with Gasteiger partial charge >= 0.3 is 0 Å². The smallest absolute Gasteiger partial charge is 0.254 e. The molecule has 182 valence electrons. The number of ether oxygens (including phenoxy) is 1. The highest BCUT2D eigenvalue weighted by atomic mass is 19.1. The number of halogens is 1. The van der Waals surface area contributed by atoms with Crippen molar-refractivity contribution in [1.29, 1.82) is 0 Å². The van der Waals surface area contributed by atoms with Gasteiger partial charge in [-0.05, 0) is 60.0 Å². The maximum Gasteiger partial charge on any atom is 0.254 e. The predicted octanol–water partition coefficient (Wildman–Crippen LogP) is 6.16. The topological polar surface area (TPSA) is 56.2 Å². The molecule has 0 bridgehead atoms. The largest absolute Gasteiger partial charge is 0.494 e. The Kier molecular flexibility index (Phi) is 7.22. The molecule has 0 aliphatic rings. The van der Waals surface area contributed by atoms with E-state index in [9.17, 15) is 9.18 Å². The number of benzene rings is 4. The van der Waals surface area contributed by atoms with Crippen LogP contribution in [-0.2, 0) is 13.0 Å². The molecule has 0 unspecified atom stereocenters. The van der Waals surface area contributed by atoms with Gasteiger partial charge in [0.25, 0.3) is 5.91 Å². The van der Waals surface area contributed by atoms with Crippen LogP contribution in [0.5, 0.6) is 5.75 Å². The minimum Gasteiger partial charge on any atom is -0.494 e. The maximum atomic E-state index is 13.8. The molecule has 0 radical (unpaired) electrons. The van der Waals surface area contributed by atoms with Crippen LogP contribution in [0.1, 0.15) is 29.0 Å². The minimum absolute atomic E-state index is 0.0659. The maximum absolute atomic E-state index is 13.8. The van der Waals surface area contributed by atoms with Crippen LogP contribution in [-0.4, -0.2) is 28.6 Å². The monoisotopic (exact) mass is 481 g/mol. The molecule has 1 aromatic heterocycles. The van der Waals surface area contributed by atoms with E-state index >= 15 is 0 Å². The van der Waals surface area contributed by atoms with Gasteiger partial charge in [-0.3, -0.25) is 4.79 Å². The van der Waals surface area contributed by atoms with Gasteiger partial charge in [0.1, 0.15) is 17.4 Å². The lowest BCUT2D eigenvalue weighted by molar-refractivity contribution is 0.0949. The summed E-state index contributed by atoms with van der Waals surface area (Å²) < 4.78 is 22.1. The normalized spacial score (nSPS) is 11.1. The fourth-order valence-corrected chi connectivity index (χ4v) is 4.42. The Hall–Kier alpha value is -4.19. The zero-order chi connectivity index (χ0) is 24.7. The number of amides is 1. The van der Waals surface area contributed by atoms with Crippen molar-refractivity contribution in [3.05, 3.63) is 108 Å². The first kappa shape index (κ1) is 23.5. The second-order valence-corrected chi connectivity index (χ2v) is 8.72. The lowest BCUT2D eigenvalue weighted by atomic mass is 10.1. The summed E-state index contributed by atoms with van der Waals surface area (Å²) in [5, 5.41) is 5.18. The van der Waals surface area contributed by atoms with Crippen molar-refractivity contribution in [2.75, 3.05) is 13.2 Å². The average Bonchev–Trinajstić information content (AvgIpc) is 3.26. The van der Waals surface area contributed by atoms with Crippen LogP contribution < -0.4 is 10.1 Å². The van der Waals surface area contributed by atoms with E-state index in [1.165, 1.54) is 22.9 Å². The van der Waals surface area contributed by atoms with Gasteiger partial charge in [0, 0.05) is 19.5 Å². The number of carbonyl (C=O) groups is 1. The number of para-hydroxylation sites is 2. The molecule has 0 aliphatic carbocycles. The van der Waals surface area contributed by atoms with E-state index in [1.807, 2.05) is 36.4 Å². The summed E-state index contributed by atoms with van der Waals surface area (Å²) in [7, 11) is 0. The van der Waals surface area contributed by atoms with Crippen molar-refractivity contribution in [1.82, 2.24) is 14.9 Å². The van der Waals surface area contributed by atoms with Crippen molar-refractivity contribution < 1.29 is 13.9 Å². The van der Waals surface area contributed by atoms with Crippen LogP contribution in [0.15, 0.2) is 91.0 Å². The van der Waals surface area contributed by atoms with Crippen LogP contribution >= 0.6 is 0 Å².